The van der Waals surface area contributed by atoms with E-state index in [9.17, 15) is 14.9 Å². The molecule has 0 aliphatic carbocycles. The molecular formula is C25H19N5O3. The van der Waals surface area contributed by atoms with Gasteiger partial charge in [-0.1, -0.05) is 24.3 Å². The number of nitrogens with one attached hydrogen (secondary N) is 2. The van der Waals surface area contributed by atoms with E-state index >= 15 is 0 Å². The zero-order valence-electron chi connectivity index (χ0n) is 17.4. The van der Waals surface area contributed by atoms with Crippen LogP contribution in [0.1, 0.15) is 5.56 Å². The lowest BCUT2D eigenvalue weighted by atomic mass is 10.1. The van der Waals surface area contributed by atoms with E-state index in [1.165, 1.54) is 12.1 Å². The number of hydrogen-bond acceptors (Lipinski definition) is 4. The Morgan fingerprint density at radius 3 is 2.55 bits per heavy atom. The average molecular weight is 437 g/mol. The molecule has 2 aromatic heterocycles. The van der Waals surface area contributed by atoms with E-state index in [0.717, 1.165) is 22.3 Å². The van der Waals surface area contributed by atoms with Crippen LogP contribution in [0.25, 0.3) is 27.8 Å². The molecule has 0 bridgehead atoms. The number of H-pyrrole nitrogens is 1. The fourth-order valence-corrected chi connectivity index (χ4v) is 3.80. The maximum atomic E-state index is 13.0. The molecule has 5 rings (SSSR count). The molecule has 5 aromatic rings. The Morgan fingerprint density at radius 2 is 1.79 bits per heavy atom. The number of amides is 1. The van der Waals surface area contributed by atoms with Gasteiger partial charge in [0.15, 0.2) is 0 Å². The van der Waals surface area contributed by atoms with Gasteiger partial charge in [-0.25, -0.2) is 4.68 Å². The highest BCUT2D eigenvalue weighted by Crippen LogP contribution is 2.27. The van der Waals surface area contributed by atoms with Gasteiger partial charge in [0.1, 0.15) is 0 Å². The van der Waals surface area contributed by atoms with Crippen molar-refractivity contribution < 1.29 is 9.72 Å². The number of nitro groups is 1. The predicted octanol–water partition coefficient (Wildman–Crippen LogP) is 5.11. The number of nitrogens with zero attached hydrogens (tertiary/aromatic N) is 3. The van der Waals surface area contributed by atoms with Crippen molar-refractivity contribution in [2.24, 2.45) is 0 Å². The fraction of sp³-hybridized carbons (Fsp3) is 0.0400. The van der Waals surface area contributed by atoms with Crippen LogP contribution in [0.15, 0.2) is 91.3 Å². The molecule has 0 aliphatic rings. The number of benzene rings is 3. The number of nitro benzene ring substituents is 1. The van der Waals surface area contributed by atoms with E-state index in [1.54, 1.807) is 16.8 Å². The van der Waals surface area contributed by atoms with E-state index in [-0.39, 0.29) is 18.0 Å². The van der Waals surface area contributed by atoms with Crippen molar-refractivity contribution in [2.45, 2.75) is 6.42 Å². The molecule has 8 nitrogen and oxygen atoms in total. The maximum absolute atomic E-state index is 13.0. The summed E-state index contributed by atoms with van der Waals surface area (Å²) in [6.07, 6.45) is 3.75. The molecule has 0 radical (unpaired) electrons. The van der Waals surface area contributed by atoms with Crippen LogP contribution in [0.5, 0.6) is 0 Å². The zero-order chi connectivity index (χ0) is 22.8. The van der Waals surface area contributed by atoms with E-state index in [4.69, 9.17) is 0 Å². The molecule has 0 atom stereocenters. The van der Waals surface area contributed by atoms with Crippen molar-refractivity contribution >= 4 is 28.2 Å². The summed E-state index contributed by atoms with van der Waals surface area (Å²) in [7, 11) is 0. The van der Waals surface area contributed by atoms with Crippen molar-refractivity contribution in [1.82, 2.24) is 14.8 Å². The van der Waals surface area contributed by atoms with Crippen LogP contribution >= 0.6 is 0 Å². The van der Waals surface area contributed by atoms with E-state index in [1.807, 2.05) is 67.0 Å². The Bertz CT molecular complexity index is 1450. The highest BCUT2D eigenvalue weighted by molar-refractivity contribution is 6.02. The van der Waals surface area contributed by atoms with Gasteiger partial charge in [0.25, 0.3) is 5.69 Å². The number of para-hydroxylation sites is 1. The predicted molar refractivity (Wildman–Crippen MR) is 126 cm³/mol. The quantitative estimate of drug-likeness (QED) is 0.284. The third kappa shape index (κ3) is 4.09. The Hall–Kier alpha value is -4.72. The normalized spacial score (nSPS) is 10.9. The van der Waals surface area contributed by atoms with Gasteiger partial charge < -0.3 is 10.3 Å². The molecule has 1 amide bonds. The summed E-state index contributed by atoms with van der Waals surface area (Å²) >= 11 is 0. The number of anilines is 1. The summed E-state index contributed by atoms with van der Waals surface area (Å²) in [6, 6.07) is 23.4. The van der Waals surface area contributed by atoms with Crippen LogP contribution in [-0.4, -0.2) is 25.6 Å². The first-order chi connectivity index (χ1) is 16.1. The van der Waals surface area contributed by atoms with Crippen molar-refractivity contribution in [3.05, 3.63) is 107 Å². The molecule has 0 aliphatic heterocycles. The molecule has 33 heavy (non-hydrogen) atoms. The molecule has 0 spiro atoms. The van der Waals surface area contributed by atoms with Crippen molar-refractivity contribution in [1.29, 1.82) is 0 Å². The molecule has 162 valence electrons. The first kappa shape index (κ1) is 20.2. The molecule has 0 fully saturated rings. The van der Waals surface area contributed by atoms with Gasteiger partial charge in [0.2, 0.25) is 5.91 Å². The minimum atomic E-state index is -0.442. The topological polar surface area (TPSA) is 106 Å². The first-order valence-electron chi connectivity index (χ1n) is 10.3. The lowest BCUT2D eigenvalue weighted by Gasteiger charge is -2.07. The number of carbonyl (C=O) groups is 1. The number of hydrogen-bond donors (Lipinski definition) is 2. The van der Waals surface area contributed by atoms with Crippen LogP contribution in [0.4, 0.5) is 11.4 Å². The Balaban J connectivity index is 1.48. The lowest BCUT2D eigenvalue weighted by Crippen LogP contribution is -2.14. The highest BCUT2D eigenvalue weighted by Gasteiger charge is 2.17. The summed E-state index contributed by atoms with van der Waals surface area (Å²) < 4.78 is 1.71. The number of carbonyl (C=O) groups excluding carboxylic acids is 1. The first-order valence-corrected chi connectivity index (χ1v) is 10.3. The van der Waals surface area contributed by atoms with Gasteiger partial charge in [-0.3, -0.25) is 14.9 Å². The molecule has 2 heterocycles. The molecule has 3 aromatic carbocycles. The van der Waals surface area contributed by atoms with Gasteiger partial charge in [0.05, 0.1) is 28.4 Å². The average Bonchev–Trinajstić information content (AvgIpc) is 3.48. The molecule has 0 unspecified atom stereocenters. The monoisotopic (exact) mass is 437 g/mol. The van der Waals surface area contributed by atoms with Gasteiger partial charge in [-0.15, -0.1) is 0 Å². The highest BCUT2D eigenvalue weighted by atomic mass is 16.6. The lowest BCUT2D eigenvalue weighted by molar-refractivity contribution is -0.384. The van der Waals surface area contributed by atoms with Crippen molar-refractivity contribution in [2.75, 3.05) is 5.32 Å². The minimum absolute atomic E-state index is 0.000122. The standard InChI is InChI=1S/C25H19N5O3/c31-24(27-23-8-4-7-22-21(23)13-14-26-22)15-18-16-29(19-5-2-1-3-6-19)28-25(18)17-9-11-20(12-10-17)30(32)33/h1-14,16,26H,15H2,(H,27,31). The summed E-state index contributed by atoms with van der Waals surface area (Å²) in [5.74, 6) is -0.181. The third-order valence-corrected chi connectivity index (χ3v) is 5.38. The number of aromatic amines is 1. The van der Waals surface area contributed by atoms with Crippen LogP contribution in [0.3, 0.4) is 0 Å². The molecule has 2 N–H and O–H groups in total. The van der Waals surface area contributed by atoms with Gasteiger partial charge in [-0.2, -0.15) is 5.10 Å². The summed E-state index contributed by atoms with van der Waals surface area (Å²) in [5.41, 5.74) is 4.54. The van der Waals surface area contributed by atoms with Crippen LogP contribution in [-0.2, 0) is 11.2 Å². The van der Waals surface area contributed by atoms with E-state index in [0.29, 0.717) is 16.8 Å². The van der Waals surface area contributed by atoms with Crippen LogP contribution < -0.4 is 5.32 Å². The summed E-state index contributed by atoms with van der Waals surface area (Å²) in [6.45, 7) is 0. The van der Waals surface area contributed by atoms with Gasteiger partial charge in [-0.05, 0) is 42.5 Å². The number of non-ortho nitro benzene ring substituents is 1. The smallest absolute Gasteiger partial charge is 0.269 e. The Morgan fingerprint density at radius 1 is 1.00 bits per heavy atom. The fourth-order valence-electron chi connectivity index (χ4n) is 3.80. The summed E-state index contributed by atoms with van der Waals surface area (Å²) in [5, 5.41) is 19.6. The SMILES string of the molecule is O=C(Cc1cn(-c2ccccc2)nc1-c1ccc([N+](=O)[O-])cc1)Nc1cccc2[nH]ccc12. The molecule has 8 heteroatoms. The number of fused-ring (bicyclic) bond motifs is 1. The zero-order valence-corrected chi connectivity index (χ0v) is 17.4. The molecule has 0 saturated carbocycles. The van der Waals surface area contributed by atoms with Crippen LogP contribution in [0.2, 0.25) is 0 Å². The van der Waals surface area contributed by atoms with Crippen molar-refractivity contribution in [3.8, 4) is 16.9 Å². The van der Waals surface area contributed by atoms with Gasteiger partial charge in [0, 0.05) is 46.6 Å². The second-order valence-corrected chi connectivity index (χ2v) is 7.56. The third-order valence-electron chi connectivity index (χ3n) is 5.38. The van der Waals surface area contributed by atoms with Crippen molar-refractivity contribution in [3.63, 3.8) is 0 Å². The van der Waals surface area contributed by atoms with E-state index < -0.39 is 4.92 Å². The van der Waals surface area contributed by atoms with E-state index in [2.05, 4.69) is 15.4 Å². The van der Waals surface area contributed by atoms with Gasteiger partial charge >= 0.3 is 0 Å². The number of aromatic nitrogens is 3. The maximum Gasteiger partial charge on any atom is 0.269 e. The Kier molecular flexibility index (Phi) is 5.16. The second-order valence-electron chi connectivity index (χ2n) is 7.56. The number of rotatable bonds is 6. The minimum Gasteiger partial charge on any atom is -0.361 e. The van der Waals surface area contributed by atoms with Crippen LogP contribution in [0, 0.1) is 10.1 Å². The Labute approximate surface area is 188 Å². The largest absolute Gasteiger partial charge is 0.361 e. The second kappa shape index (κ2) is 8.43. The molecular weight excluding hydrogens is 418 g/mol. The molecule has 0 saturated heterocycles. The summed E-state index contributed by atoms with van der Waals surface area (Å²) in [4.78, 5) is 26.7.